The van der Waals surface area contributed by atoms with E-state index in [2.05, 4.69) is 37.2 Å². The van der Waals surface area contributed by atoms with E-state index in [1.165, 1.54) is 0 Å². The predicted molar refractivity (Wildman–Crippen MR) is 91.7 cm³/mol. The Hall–Kier alpha value is -0.590. The van der Waals surface area contributed by atoms with E-state index in [0.29, 0.717) is 10.7 Å². The summed E-state index contributed by atoms with van der Waals surface area (Å²) >= 11 is 13.1. The first-order valence-corrected chi connectivity index (χ1v) is 9.18. The molecule has 7 heteroatoms. The Labute approximate surface area is 149 Å². The number of hydrogen-bond donors (Lipinski definition) is 2. The zero-order valence-electron chi connectivity index (χ0n) is 11.4. The maximum atomic E-state index is 12.6. The average molecular weight is 452 g/mol. The molecule has 2 bridgehead atoms. The molecule has 0 saturated heterocycles. The second kappa shape index (κ2) is 6.13. The number of anilines is 1. The second-order valence-corrected chi connectivity index (χ2v) is 8.39. The highest BCUT2D eigenvalue weighted by Crippen LogP contribution is 2.57. The van der Waals surface area contributed by atoms with E-state index < -0.39 is 17.8 Å². The maximum absolute atomic E-state index is 12.6. The zero-order valence-corrected chi connectivity index (χ0v) is 15.3. The fourth-order valence-corrected chi connectivity index (χ4v) is 5.82. The van der Waals surface area contributed by atoms with Crippen molar-refractivity contribution in [3.05, 3.63) is 29.3 Å². The molecule has 3 rings (SSSR count). The number of alkyl halides is 2. The summed E-state index contributed by atoms with van der Waals surface area (Å²) in [5, 5.41) is 12.9. The summed E-state index contributed by atoms with van der Waals surface area (Å²) in [6.45, 7) is 0. The lowest BCUT2D eigenvalue weighted by Crippen LogP contribution is -2.45. The molecule has 22 heavy (non-hydrogen) atoms. The average Bonchev–Trinajstić information content (AvgIpc) is 2.97. The predicted octanol–water partition coefficient (Wildman–Crippen LogP) is 3.77. The third-order valence-electron chi connectivity index (χ3n) is 4.66. The molecule has 2 N–H and O–H groups in total. The maximum Gasteiger partial charge on any atom is 0.307 e. The standard InChI is InChI=1S/C15H14Br2ClNO3/c16-12-8-5-9(13(12)17)11(15(21)22)10(8)14(20)19-7-3-1-2-6(18)4-7/h1-4,8-13H,5H2,(H,19,20)(H,21,22)/t8-,9-,10-,11-,12+,13+/m1/s1. The molecule has 0 radical (unpaired) electrons. The quantitative estimate of drug-likeness (QED) is 0.688. The van der Waals surface area contributed by atoms with Crippen molar-refractivity contribution < 1.29 is 14.7 Å². The summed E-state index contributed by atoms with van der Waals surface area (Å²) in [6, 6.07) is 6.86. The van der Waals surface area contributed by atoms with Crippen molar-refractivity contribution in [1.29, 1.82) is 0 Å². The number of aliphatic carboxylic acids is 1. The molecule has 2 aliphatic rings. The third-order valence-corrected chi connectivity index (χ3v) is 8.10. The molecule has 1 amide bonds. The van der Waals surface area contributed by atoms with Crippen molar-refractivity contribution in [3.8, 4) is 0 Å². The van der Waals surface area contributed by atoms with Crippen LogP contribution < -0.4 is 5.32 Å². The van der Waals surface area contributed by atoms with Crippen molar-refractivity contribution in [2.24, 2.45) is 23.7 Å². The van der Waals surface area contributed by atoms with Gasteiger partial charge in [-0.2, -0.15) is 0 Å². The van der Waals surface area contributed by atoms with Gasteiger partial charge in [-0.25, -0.2) is 0 Å². The third kappa shape index (κ3) is 2.69. The number of hydrogen-bond acceptors (Lipinski definition) is 2. The Bertz CT molecular complexity index is 627. The molecule has 4 nitrogen and oxygen atoms in total. The topological polar surface area (TPSA) is 66.4 Å². The minimum Gasteiger partial charge on any atom is -0.481 e. The van der Waals surface area contributed by atoms with E-state index in [1.54, 1.807) is 24.3 Å². The molecule has 0 heterocycles. The van der Waals surface area contributed by atoms with Gasteiger partial charge in [0.1, 0.15) is 0 Å². The smallest absolute Gasteiger partial charge is 0.307 e. The van der Waals surface area contributed by atoms with Gasteiger partial charge >= 0.3 is 5.97 Å². The van der Waals surface area contributed by atoms with Crippen LogP contribution in [0.1, 0.15) is 6.42 Å². The van der Waals surface area contributed by atoms with Crippen LogP contribution in [0.3, 0.4) is 0 Å². The molecule has 0 aliphatic heterocycles. The van der Waals surface area contributed by atoms with E-state index in [4.69, 9.17) is 11.6 Å². The first-order chi connectivity index (χ1) is 10.4. The fourth-order valence-electron chi connectivity index (χ4n) is 3.75. The summed E-state index contributed by atoms with van der Waals surface area (Å²) in [5.74, 6) is -2.33. The first kappa shape index (κ1) is 16.3. The summed E-state index contributed by atoms with van der Waals surface area (Å²) in [4.78, 5) is 24.5. The SMILES string of the molecule is O=C(O)[C@@H]1[C@H]2C[C@@H]([C@H](Br)[C@H]2Br)[C@H]1C(=O)Nc1cccc(Cl)c1. The van der Waals surface area contributed by atoms with Gasteiger partial charge in [0.05, 0.1) is 11.8 Å². The lowest BCUT2D eigenvalue weighted by molar-refractivity contribution is -0.148. The molecule has 2 aliphatic carbocycles. The van der Waals surface area contributed by atoms with E-state index in [9.17, 15) is 14.7 Å². The summed E-state index contributed by atoms with van der Waals surface area (Å²) < 4.78 is 0. The van der Waals surface area contributed by atoms with Gasteiger partial charge in [-0.05, 0) is 36.5 Å². The van der Waals surface area contributed by atoms with E-state index in [1.807, 2.05) is 0 Å². The molecule has 2 saturated carbocycles. The Morgan fingerprint density at radius 1 is 1.18 bits per heavy atom. The van der Waals surface area contributed by atoms with Crippen LogP contribution in [-0.2, 0) is 9.59 Å². The summed E-state index contributed by atoms with van der Waals surface area (Å²) in [7, 11) is 0. The molecule has 0 unspecified atom stereocenters. The molecule has 1 aromatic carbocycles. The van der Waals surface area contributed by atoms with Crippen molar-refractivity contribution in [1.82, 2.24) is 0 Å². The van der Waals surface area contributed by atoms with Crippen LogP contribution in [0, 0.1) is 23.7 Å². The van der Waals surface area contributed by atoms with Gasteiger partial charge in [-0.15, -0.1) is 0 Å². The van der Waals surface area contributed by atoms with Gasteiger partial charge in [0, 0.05) is 20.4 Å². The van der Waals surface area contributed by atoms with Crippen molar-refractivity contribution in [2.45, 2.75) is 16.1 Å². The Balaban J connectivity index is 1.83. The number of halogens is 3. The number of fused-ring (bicyclic) bond motifs is 2. The van der Waals surface area contributed by atoms with Gasteiger partial charge in [-0.3, -0.25) is 9.59 Å². The molecule has 0 aromatic heterocycles. The van der Waals surface area contributed by atoms with Crippen LogP contribution in [-0.4, -0.2) is 26.6 Å². The van der Waals surface area contributed by atoms with Gasteiger partial charge in [0.15, 0.2) is 0 Å². The number of carboxylic acid groups (broad SMARTS) is 1. The van der Waals surface area contributed by atoms with Gasteiger partial charge in [0.25, 0.3) is 0 Å². The summed E-state index contributed by atoms with van der Waals surface area (Å²) in [6.07, 6.45) is 0.746. The molecule has 118 valence electrons. The highest BCUT2D eigenvalue weighted by atomic mass is 79.9. The van der Waals surface area contributed by atoms with Crippen LogP contribution in [0.2, 0.25) is 5.02 Å². The number of carbonyl (C=O) groups excluding carboxylic acids is 1. The minimum absolute atomic E-state index is 0.0228. The number of amides is 1. The second-order valence-electron chi connectivity index (χ2n) is 5.84. The molecule has 6 atom stereocenters. The first-order valence-electron chi connectivity index (χ1n) is 6.97. The Kier molecular flexibility index (Phi) is 4.54. The summed E-state index contributed by atoms with van der Waals surface area (Å²) in [5.41, 5.74) is 0.589. The van der Waals surface area contributed by atoms with Crippen LogP contribution in [0.5, 0.6) is 0 Å². The molecule has 1 aromatic rings. The zero-order chi connectivity index (χ0) is 16.0. The highest BCUT2D eigenvalue weighted by molar-refractivity contribution is 9.12. The van der Waals surface area contributed by atoms with Crippen molar-refractivity contribution in [3.63, 3.8) is 0 Å². The molecular weight excluding hydrogens is 437 g/mol. The van der Waals surface area contributed by atoms with E-state index in [-0.39, 0.29) is 27.4 Å². The van der Waals surface area contributed by atoms with E-state index in [0.717, 1.165) is 6.42 Å². The number of benzene rings is 1. The minimum atomic E-state index is -0.900. The number of carbonyl (C=O) groups is 2. The van der Waals surface area contributed by atoms with Crippen molar-refractivity contribution in [2.75, 3.05) is 5.32 Å². The van der Waals surface area contributed by atoms with Gasteiger partial charge < -0.3 is 10.4 Å². The highest BCUT2D eigenvalue weighted by Gasteiger charge is 2.61. The lowest BCUT2D eigenvalue weighted by atomic mass is 9.78. The molecule has 0 spiro atoms. The van der Waals surface area contributed by atoms with Crippen LogP contribution >= 0.6 is 43.5 Å². The van der Waals surface area contributed by atoms with Crippen molar-refractivity contribution >= 4 is 61.0 Å². The molecular formula is C15H14Br2ClNO3. The van der Waals surface area contributed by atoms with Gasteiger partial charge in [0.2, 0.25) is 5.91 Å². The lowest BCUT2D eigenvalue weighted by Gasteiger charge is -2.33. The largest absolute Gasteiger partial charge is 0.481 e. The Morgan fingerprint density at radius 3 is 2.41 bits per heavy atom. The number of rotatable bonds is 3. The number of nitrogens with one attached hydrogen (secondary N) is 1. The van der Waals surface area contributed by atoms with Crippen LogP contribution in [0.4, 0.5) is 5.69 Å². The Morgan fingerprint density at radius 2 is 1.82 bits per heavy atom. The van der Waals surface area contributed by atoms with Gasteiger partial charge in [-0.1, -0.05) is 49.5 Å². The normalized spacial score (nSPS) is 36.3. The number of carboxylic acids is 1. The fraction of sp³-hybridized carbons (Fsp3) is 0.467. The monoisotopic (exact) mass is 449 g/mol. The van der Waals surface area contributed by atoms with E-state index >= 15 is 0 Å². The van der Waals surface area contributed by atoms with Crippen LogP contribution in [0.25, 0.3) is 0 Å². The van der Waals surface area contributed by atoms with Crippen LogP contribution in [0.15, 0.2) is 24.3 Å². The molecule has 2 fully saturated rings.